The zero-order valence-electron chi connectivity index (χ0n) is 12.7. The van der Waals surface area contributed by atoms with E-state index < -0.39 is 10.0 Å². The molecule has 0 aliphatic heterocycles. The predicted molar refractivity (Wildman–Crippen MR) is 80.1 cm³/mol. The van der Waals surface area contributed by atoms with Crippen LogP contribution in [0.2, 0.25) is 0 Å². The maximum atomic E-state index is 12.4. The SMILES string of the molecule is C=C(C)CN(C)S(=O)(=O)c1cc(CNCCC)oc1C. The van der Waals surface area contributed by atoms with Crippen LogP contribution in [0.25, 0.3) is 0 Å². The average molecular weight is 300 g/mol. The number of aryl methyl sites for hydroxylation is 1. The van der Waals surface area contributed by atoms with Gasteiger partial charge < -0.3 is 9.73 Å². The summed E-state index contributed by atoms with van der Waals surface area (Å²) in [7, 11) is -1.98. The van der Waals surface area contributed by atoms with E-state index in [1.54, 1.807) is 27.0 Å². The molecule has 0 aliphatic rings. The second-order valence-corrected chi connectivity index (χ2v) is 7.04. The van der Waals surface area contributed by atoms with Crippen molar-refractivity contribution in [1.82, 2.24) is 9.62 Å². The molecule has 20 heavy (non-hydrogen) atoms. The van der Waals surface area contributed by atoms with Gasteiger partial charge in [0.25, 0.3) is 0 Å². The van der Waals surface area contributed by atoms with Gasteiger partial charge in [-0.25, -0.2) is 8.42 Å². The summed E-state index contributed by atoms with van der Waals surface area (Å²) in [6.07, 6.45) is 1.02. The van der Waals surface area contributed by atoms with E-state index in [1.807, 2.05) is 0 Å². The first kappa shape index (κ1) is 16.9. The molecule has 0 aromatic carbocycles. The lowest BCUT2D eigenvalue weighted by Gasteiger charge is -2.16. The summed E-state index contributed by atoms with van der Waals surface area (Å²) in [4.78, 5) is 0.231. The molecule has 1 aromatic heterocycles. The standard InChI is InChI=1S/C14H24N2O3S/c1-6-7-15-9-13-8-14(12(4)19-13)20(17,18)16(5)10-11(2)3/h8,15H,2,6-7,9-10H2,1,3-5H3. The molecular formula is C14H24N2O3S. The number of nitrogens with zero attached hydrogens (tertiary/aromatic N) is 1. The highest BCUT2D eigenvalue weighted by molar-refractivity contribution is 7.89. The smallest absolute Gasteiger partial charge is 0.246 e. The molecule has 0 unspecified atom stereocenters. The Bertz CT molecular complexity index is 561. The van der Waals surface area contributed by atoms with Gasteiger partial charge in [0, 0.05) is 19.7 Å². The Morgan fingerprint density at radius 3 is 2.70 bits per heavy atom. The minimum atomic E-state index is -3.52. The summed E-state index contributed by atoms with van der Waals surface area (Å²) >= 11 is 0. The lowest BCUT2D eigenvalue weighted by Crippen LogP contribution is -2.28. The molecule has 0 bridgehead atoms. The molecule has 114 valence electrons. The second kappa shape index (κ2) is 7.06. The van der Waals surface area contributed by atoms with Crippen molar-refractivity contribution in [2.24, 2.45) is 0 Å². The first-order chi connectivity index (χ1) is 9.28. The highest BCUT2D eigenvalue weighted by Crippen LogP contribution is 2.23. The summed E-state index contributed by atoms with van der Waals surface area (Å²) in [5.41, 5.74) is 0.794. The monoisotopic (exact) mass is 300 g/mol. The van der Waals surface area contributed by atoms with Gasteiger partial charge in [0.1, 0.15) is 16.4 Å². The molecule has 0 spiro atoms. The maximum Gasteiger partial charge on any atom is 0.246 e. The van der Waals surface area contributed by atoms with Gasteiger partial charge in [-0.15, -0.1) is 0 Å². The van der Waals surface area contributed by atoms with Crippen LogP contribution in [0.5, 0.6) is 0 Å². The topological polar surface area (TPSA) is 62.6 Å². The van der Waals surface area contributed by atoms with Crippen LogP contribution in [0.1, 0.15) is 31.8 Å². The molecule has 6 heteroatoms. The Hall–Kier alpha value is -1.11. The minimum absolute atomic E-state index is 0.231. The lowest BCUT2D eigenvalue weighted by molar-refractivity contribution is 0.453. The van der Waals surface area contributed by atoms with Crippen LogP contribution in [0.3, 0.4) is 0 Å². The molecular weight excluding hydrogens is 276 g/mol. The van der Waals surface area contributed by atoms with Gasteiger partial charge in [0.2, 0.25) is 10.0 Å². The van der Waals surface area contributed by atoms with Crippen molar-refractivity contribution < 1.29 is 12.8 Å². The molecule has 1 aromatic rings. The van der Waals surface area contributed by atoms with Crippen LogP contribution < -0.4 is 5.32 Å². The third-order valence-electron chi connectivity index (χ3n) is 2.83. The largest absolute Gasteiger partial charge is 0.464 e. The fraction of sp³-hybridized carbons (Fsp3) is 0.571. The normalized spacial score (nSPS) is 12.1. The van der Waals surface area contributed by atoms with Crippen LogP contribution in [0.15, 0.2) is 27.5 Å². The summed E-state index contributed by atoms with van der Waals surface area (Å²) in [6.45, 7) is 11.0. The van der Waals surface area contributed by atoms with Crippen molar-refractivity contribution in [3.63, 3.8) is 0 Å². The van der Waals surface area contributed by atoms with E-state index in [2.05, 4.69) is 18.8 Å². The number of hydrogen-bond donors (Lipinski definition) is 1. The summed E-state index contributed by atoms with van der Waals surface area (Å²) in [5, 5.41) is 3.19. The van der Waals surface area contributed by atoms with Gasteiger partial charge in [-0.05, 0) is 26.8 Å². The number of hydrogen-bond acceptors (Lipinski definition) is 4. The van der Waals surface area contributed by atoms with Crippen LogP contribution >= 0.6 is 0 Å². The van der Waals surface area contributed by atoms with E-state index in [0.717, 1.165) is 18.5 Å². The molecule has 0 saturated carbocycles. The number of furan rings is 1. The number of likely N-dealkylation sites (N-methyl/N-ethyl adjacent to an activating group) is 1. The molecule has 1 rings (SSSR count). The number of nitrogens with one attached hydrogen (secondary N) is 1. The van der Waals surface area contributed by atoms with Crippen LogP contribution in [-0.2, 0) is 16.6 Å². The summed E-state index contributed by atoms with van der Waals surface area (Å²) in [5.74, 6) is 1.06. The first-order valence-corrected chi connectivity index (χ1v) is 8.13. The Balaban J connectivity index is 2.92. The number of sulfonamides is 1. The van der Waals surface area contributed by atoms with Crippen molar-refractivity contribution in [3.05, 3.63) is 29.7 Å². The summed E-state index contributed by atoms with van der Waals surface area (Å²) < 4.78 is 31.7. The Kier molecular flexibility index (Phi) is 5.98. The van der Waals surface area contributed by atoms with Crippen molar-refractivity contribution in [1.29, 1.82) is 0 Å². The zero-order valence-corrected chi connectivity index (χ0v) is 13.5. The fourth-order valence-corrected chi connectivity index (χ4v) is 3.30. The molecule has 0 radical (unpaired) electrons. The molecule has 0 fully saturated rings. The van der Waals surface area contributed by atoms with E-state index in [-0.39, 0.29) is 4.90 Å². The molecule has 1 heterocycles. The van der Waals surface area contributed by atoms with Crippen molar-refractivity contribution in [2.75, 3.05) is 20.1 Å². The lowest BCUT2D eigenvalue weighted by atomic mass is 10.4. The third-order valence-corrected chi connectivity index (χ3v) is 4.74. The highest BCUT2D eigenvalue weighted by atomic mass is 32.2. The molecule has 0 atom stereocenters. The van der Waals surface area contributed by atoms with Gasteiger partial charge in [0.15, 0.2) is 0 Å². The van der Waals surface area contributed by atoms with Crippen molar-refractivity contribution in [3.8, 4) is 0 Å². The van der Waals surface area contributed by atoms with Gasteiger partial charge in [-0.3, -0.25) is 0 Å². The minimum Gasteiger partial charge on any atom is -0.464 e. The molecule has 5 nitrogen and oxygen atoms in total. The third kappa shape index (κ3) is 4.19. The van der Waals surface area contributed by atoms with Crippen LogP contribution in [0, 0.1) is 6.92 Å². The quantitative estimate of drug-likeness (QED) is 0.591. The fourth-order valence-electron chi connectivity index (χ4n) is 1.89. The first-order valence-electron chi connectivity index (χ1n) is 6.69. The van der Waals surface area contributed by atoms with Gasteiger partial charge in [0.05, 0.1) is 6.54 Å². The molecule has 1 N–H and O–H groups in total. The van der Waals surface area contributed by atoms with E-state index in [9.17, 15) is 8.42 Å². The number of rotatable bonds is 8. The van der Waals surface area contributed by atoms with Gasteiger partial charge in [-0.2, -0.15) is 4.31 Å². The van der Waals surface area contributed by atoms with E-state index >= 15 is 0 Å². The second-order valence-electron chi connectivity index (χ2n) is 5.03. The molecule has 0 saturated heterocycles. The predicted octanol–water partition coefficient (Wildman–Crippen LogP) is 2.28. The van der Waals surface area contributed by atoms with Gasteiger partial charge in [-0.1, -0.05) is 19.1 Å². The molecule has 0 amide bonds. The van der Waals surface area contributed by atoms with Gasteiger partial charge >= 0.3 is 0 Å². The Morgan fingerprint density at radius 1 is 1.50 bits per heavy atom. The average Bonchev–Trinajstić information content (AvgIpc) is 2.70. The van der Waals surface area contributed by atoms with Crippen molar-refractivity contribution in [2.45, 2.75) is 38.6 Å². The summed E-state index contributed by atoms with van der Waals surface area (Å²) in [6, 6.07) is 1.60. The van der Waals surface area contributed by atoms with E-state index in [0.29, 0.717) is 24.6 Å². The van der Waals surface area contributed by atoms with Crippen LogP contribution in [-0.4, -0.2) is 32.9 Å². The highest BCUT2D eigenvalue weighted by Gasteiger charge is 2.25. The van der Waals surface area contributed by atoms with Crippen molar-refractivity contribution >= 4 is 10.0 Å². The van der Waals surface area contributed by atoms with E-state index in [4.69, 9.17) is 4.42 Å². The Labute approximate surface area is 121 Å². The molecule has 0 aliphatic carbocycles. The van der Waals surface area contributed by atoms with Crippen LogP contribution in [0.4, 0.5) is 0 Å². The Morgan fingerprint density at radius 2 is 2.15 bits per heavy atom. The maximum absolute atomic E-state index is 12.4. The zero-order chi connectivity index (χ0) is 15.3. The van der Waals surface area contributed by atoms with E-state index in [1.165, 1.54) is 4.31 Å².